The van der Waals surface area contributed by atoms with Crippen LogP contribution in [0.5, 0.6) is 0 Å². The monoisotopic (exact) mass is 179 g/mol. The van der Waals surface area contributed by atoms with Gasteiger partial charge in [0.2, 0.25) is 5.96 Å². The van der Waals surface area contributed by atoms with Crippen molar-refractivity contribution in [2.45, 2.75) is 0 Å². The molecule has 0 unspecified atom stereocenters. The highest BCUT2D eigenvalue weighted by Crippen LogP contribution is 1.88. The zero-order valence-electron chi connectivity index (χ0n) is 6.75. The number of nitrogens with two attached hydrogens (primary N) is 1. The van der Waals surface area contributed by atoms with Crippen molar-refractivity contribution >= 4 is 12.2 Å². The highest BCUT2D eigenvalue weighted by Gasteiger charge is 1.85. The van der Waals surface area contributed by atoms with Gasteiger partial charge in [-0.15, -0.1) is 5.10 Å². The summed E-state index contributed by atoms with van der Waals surface area (Å²) in [6.45, 7) is 0. The minimum absolute atomic E-state index is 0.174. The van der Waals surface area contributed by atoms with Crippen LogP contribution in [0.2, 0.25) is 0 Å². The van der Waals surface area contributed by atoms with Crippen LogP contribution in [-0.4, -0.2) is 22.4 Å². The third-order valence-electron chi connectivity index (χ3n) is 1.16. The molecule has 1 aromatic heterocycles. The molecule has 6 nitrogen and oxygen atoms in total. The van der Waals surface area contributed by atoms with Gasteiger partial charge in [-0.2, -0.15) is 5.10 Å². The molecular formula is C7H9N5O. The van der Waals surface area contributed by atoms with Gasteiger partial charge < -0.3 is 5.73 Å². The molecule has 1 aromatic rings. The summed E-state index contributed by atoms with van der Waals surface area (Å²) in [5, 5.41) is 15.2. The summed E-state index contributed by atoms with van der Waals surface area (Å²) >= 11 is 0. The van der Waals surface area contributed by atoms with Gasteiger partial charge >= 0.3 is 0 Å². The van der Waals surface area contributed by atoms with Gasteiger partial charge in [-0.3, -0.25) is 10.2 Å². The largest absolute Gasteiger partial charge is 0.367 e. The molecule has 0 aromatic carbocycles. The van der Waals surface area contributed by atoms with Gasteiger partial charge in [0.05, 0.1) is 11.9 Å². The average molecular weight is 179 g/mol. The van der Waals surface area contributed by atoms with E-state index in [2.05, 4.69) is 15.2 Å². The fourth-order valence-electron chi connectivity index (χ4n) is 0.625. The minimum Gasteiger partial charge on any atom is -0.367 e. The molecule has 0 aliphatic heterocycles. The number of pyridine rings is 1. The Labute approximate surface area is 74.8 Å². The molecule has 13 heavy (non-hydrogen) atoms. The second-order valence-corrected chi connectivity index (χ2v) is 2.10. The zero-order valence-corrected chi connectivity index (χ0v) is 6.75. The van der Waals surface area contributed by atoms with Crippen molar-refractivity contribution in [1.82, 2.24) is 10.5 Å². The van der Waals surface area contributed by atoms with Gasteiger partial charge in [-0.25, -0.2) is 5.48 Å². The smallest absolute Gasteiger partial charge is 0.237 e. The van der Waals surface area contributed by atoms with Crippen molar-refractivity contribution in [3.63, 3.8) is 0 Å². The first-order valence-electron chi connectivity index (χ1n) is 3.50. The molecule has 1 rings (SSSR count). The normalized spacial score (nSPS) is 11.9. The van der Waals surface area contributed by atoms with Crippen LogP contribution in [0.4, 0.5) is 0 Å². The molecule has 0 atom stereocenters. The van der Waals surface area contributed by atoms with E-state index in [1.807, 2.05) is 6.07 Å². The van der Waals surface area contributed by atoms with E-state index in [9.17, 15) is 0 Å². The van der Waals surface area contributed by atoms with Crippen LogP contribution in [0.3, 0.4) is 0 Å². The van der Waals surface area contributed by atoms with Crippen molar-refractivity contribution in [2.75, 3.05) is 0 Å². The van der Waals surface area contributed by atoms with Gasteiger partial charge in [0.25, 0.3) is 0 Å². The van der Waals surface area contributed by atoms with Crippen LogP contribution in [0, 0.1) is 0 Å². The molecule has 0 spiro atoms. The van der Waals surface area contributed by atoms with Gasteiger partial charge in [0, 0.05) is 6.20 Å². The van der Waals surface area contributed by atoms with Gasteiger partial charge in [-0.05, 0) is 12.1 Å². The molecule has 0 amide bonds. The van der Waals surface area contributed by atoms with E-state index in [1.54, 1.807) is 23.8 Å². The van der Waals surface area contributed by atoms with E-state index >= 15 is 0 Å². The Kier molecular flexibility index (Phi) is 3.40. The number of hydrogen-bond acceptors (Lipinski definition) is 4. The van der Waals surface area contributed by atoms with Crippen molar-refractivity contribution in [3.05, 3.63) is 30.1 Å². The second kappa shape index (κ2) is 4.83. The Hall–Kier alpha value is -1.95. The van der Waals surface area contributed by atoms with Gasteiger partial charge in [0.1, 0.15) is 0 Å². The van der Waals surface area contributed by atoms with Crippen LogP contribution >= 0.6 is 0 Å². The van der Waals surface area contributed by atoms with Crippen molar-refractivity contribution in [1.29, 1.82) is 0 Å². The molecule has 68 valence electrons. The minimum atomic E-state index is -0.174. The summed E-state index contributed by atoms with van der Waals surface area (Å²) < 4.78 is 0. The van der Waals surface area contributed by atoms with Crippen molar-refractivity contribution in [2.24, 2.45) is 15.9 Å². The predicted octanol–water partition coefficient (Wildman–Crippen LogP) is -0.291. The first-order valence-corrected chi connectivity index (χ1v) is 3.50. The number of hydrogen-bond donors (Lipinski definition) is 3. The summed E-state index contributed by atoms with van der Waals surface area (Å²) in [6, 6.07) is 5.39. The zero-order chi connectivity index (χ0) is 9.52. The molecule has 6 heteroatoms. The Balaban J connectivity index is 2.60. The molecule has 0 saturated carbocycles. The van der Waals surface area contributed by atoms with E-state index in [-0.39, 0.29) is 5.96 Å². The fourth-order valence-corrected chi connectivity index (χ4v) is 0.625. The standard InChI is InChI=1S/C7H9N5O/c8-7(12-13)11-10-5-6-3-1-2-4-9-6/h1-5,13H,(H3,8,11,12)/b10-5+. The molecular weight excluding hydrogens is 170 g/mol. The molecule has 0 aliphatic rings. The number of guanidine groups is 1. The van der Waals surface area contributed by atoms with Gasteiger partial charge in [0.15, 0.2) is 0 Å². The Bertz CT molecular complexity index is 308. The summed E-state index contributed by atoms with van der Waals surface area (Å²) in [5.41, 5.74) is 7.40. The predicted molar refractivity (Wildman–Crippen MR) is 48.4 cm³/mol. The van der Waals surface area contributed by atoms with E-state index < -0.39 is 0 Å². The number of rotatable bonds is 2. The lowest BCUT2D eigenvalue weighted by molar-refractivity contribution is 0.232. The summed E-state index contributed by atoms with van der Waals surface area (Å²) in [5.74, 6) is -0.174. The average Bonchev–Trinajstić information content (AvgIpc) is 2.19. The first-order chi connectivity index (χ1) is 6.33. The van der Waals surface area contributed by atoms with E-state index in [0.29, 0.717) is 5.69 Å². The van der Waals surface area contributed by atoms with Crippen LogP contribution in [0.15, 0.2) is 34.6 Å². The van der Waals surface area contributed by atoms with Crippen molar-refractivity contribution in [3.8, 4) is 0 Å². The fraction of sp³-hybridized carbons (Fsp3) is 0. The first kappa shape index (κ1) is 9.14. The Morgan fingerprint density at radius 1 is 1.62 bits per heavy atom. The topological polar surface area (TPSA) is 95.9 Å². The maximum Gasteiger partial charge on any atom is 0.237 e. The molecule has 0 fully saturated rings. The Morgan fingerprint density at radius 2 is 2.46 bits per heavy atom. The lowest BCUT2D eigenvalue weighted by atomic mass is 10.4. The SMILES string of the molecule is NC(=N/N=C/c1ccccn1)NO. The lowest BCUT2D eigenvalue weighted by Crippen LogP contribution is -2.27. The van der Waals surface area contributed by atoms with E-state index in [0.717, 1.165) is 0 Å². The van der Waals surface area contributed by atoms with E-state index in [1.165, 1.54) is 6.21 Å². The van der Waals surface area contributed by atoms with Crippen molar-refractivity contribution < 1.29 is 5.21 Å². The van der Waals surface area contributed by atoms with Crippen LogP contribution < -0.4 is 11.2 Å². The molecule has 0 bridgehead atoms. The highest BCUT2D eigenvalue weighted by molar-refractivity contribution is 5.80. The number of hydroxylamine groups is 1. The second-order valence-electron chi connectivity index (χ2n) is 2.10. The van der Waals surface area contributed by atoms with Gasteiger partial charge in [-0.1, -0.05) is 6.07 Å². The summed E-state index contributed by atoms with van der Waals surface area (Å²) in [7, 11) is 0. The molecule has 0 radical (unpaired) electrons. The quantitative estimate of drug-likeness (QED) is 0.330. The number of aromatic nitrogens is 1. The van der Waals surface area contributed by atoms with Crippen LogP contribution in [0.25, 0.3) is 0 Å². The summed E-state index contributed by atoms with van der Waals surface area (Å²) in [4.78, 5) is 3.96. The summed E-state index contributed by atoms with van der Waals surface area (Å²) in [6.07, 6.45) is 3.06. The third-order valence-corrected chi connectivity index (χ3v) is 1.16. The molecule has 0 aliphatic carbocycles. The lowest BCUT2D eigenvalue weighted by Gasteiger charge is -1.90. The Morgan fingerprint density at radius 3 is 3.08 bits per heavy atom. The van der Waals surface area contributed by atoms with Crippen LogP contribution in [-0.2, 0) is 0 Å². The molecule has 1 heterocycles. The number of nitrogens with one attached hydrogen (secondary N) is 1. The molecule has 4 N–H and O–H groups in total. The maximum atomic E-state index is 8.24. The third kappa shape index (κ3) is 3.30. The maximum absolute atomic E-state index is 8.24. The highest BCUT2D eigenvalue weighted by atomic mass is 16.5. The van der Waals surface area contributed by atoms with Crippen LogP contribution in [0.1, 0.15) is 5.69 Å². The molecule has 0 saturated heterocycles. The number of nitrogens with zero attached hydrogens (tertiary/aromatic N) is 3. The van der Waals surface area contributed by atoms with E-state index in [4.69, 9.17) is 10.9 Å².